The first-order chi connectivity index (χ1) is 9.65. The minimum absolute atomic E-state index is 0.691. The van der Waals surface area contributed by atoms with E-state index in [-0.39, 0.29) is 0 Å². The number of aryl methyl sites for hydroxylation is 1. The summed E-state index contributed by atoms with van der Waals surface area (Å²) in [7, 11) is 2.03. The van der Waals surface area contributed by atoms with Crippen LogP contribution in [-0.4, -0.2) is 39.9 Å². The summed E-state index contributed by atoms with van der Waals surface area (Å²) in [6.45, 7) is 8.17. The van der Waals surface area contributed by atoms with Gasteiger partial charge in [0.15, 0.2) is 0 Å². The van der Waals surface area contributed by atoms with Crippen LogP contribution in [0.15, 0.2) is 12.3 Å². The zero-order chi connectivity index (χ0) is 14.1. The first kappa shape index (κ1) is 14.1. The molecule has 3 rings (SSSR count). The average molecular weight is 276 g/mol. The predicted octanol–water partition coefficient (Wildman–Crippen LogP) is 2.02. The van der Waals surface area contributed by atoms with Crippen molar-refractivity contribution in [3.63, 3.8) is 0 Å². The maximum Gasteiger partial charge on any atom is 0.0518 e. The zero-order valence-corrected chi connectivity index (χ0v) is 13.0. The van der Waals surface area contributed by atoms with Crippen molar-refractivity contribution in [1.82, 2.24) is 20.0 Å². The van der Waals surface area contributed by atoms with Gasteiger partial charge in [-0.1, -0.05) is 6.42 Å². The van der Waals surface area contributed by atoms with Gasteiger partial charge in [0.05, 0.1) is 5.69 Å². The third-order valence-electron chi connectivity index (χ3n) is 5.28. The quantitative estimate of drug-likeness (QED) is 0.913. The molecule has 1 aliphatic heterocycles. The lowest BCUT2D eigenvalue weighted by Crippen LogP contribution is -2.58. The molecule has 2 aliphatic rings. The molecule has 2 heterocycles. The van der Waals surface area contributed by atoms with Crippen LogP contribution in [0.25, 0.3) is 0 Å². The molecule has 4 heteroatoms. The Bertz CT molecular complexity index is 425. The molecule has 4 nitrogen and oxygen atoms in total. The highest BCUT2D eigenvalue weighted by atomic mass is 15.3. The molecule has 1 N–H and O–H groups in total. The van der Waals surface area contributed by atoms with Crippen molar-refractivity contribution in [3.05, 3.63) is 18.0 Å². The largest absolute Gasteiger partial charge is 0.308 e. The van der Waals surface area contributed by atoms with E-state index in [1.807, 2.05) is 17.9 Å². The van der Waals surface area contributed by atoms with Gasteiger partial charge >= 0.3 is 0 Å². The summed E-state index contributed by atoms with van der Waals surface area (Å²) in [4.78, 5) is 2.68. The number of fused-ring (bicyclic) bond motifs is 2. The smallest absolute Gasteiger partial charge is 0.0518 e. The van der Waals surface area contributed by atoms with Gasteiger partial charge in [-0.05, 0) is 44.6 Å². The highest BCUT2D eigenvalue weighted by Crippen LogP contribution is 2.35. The van der Waals surface area contributed by atoms with E-state index >= 15 is 0 Å². The molecule has 0 spiro atoms. The number of hydrogen-bond donors (Lipinski definition) is 1. The number of hydrogen-bond acceptors (Lipinski definition) is 3. The van der Waals surface area contributed by atoms with Gasteiger partial charge in [-0.3, -0.25) is 4.68 Å². The monoisotopic (exact) mass is 276 g/mol. The van der Waals surface area contributed by atoms with Crippen LogP contribution in [0.5, 0.6) is 0 Å². The van der Waals surface area contributed by atoms with Crippen LogP contribution in [0.2, 0.25) is 0 Å². The molecule has 1 aliphatic carbocycles. The second kappa shape index (κ2) is 5.86. The highest BCUT2D eigenvalue weighted by molar-refractivity contribution is 5.02. The van der Waals surface area contributed by atoms with Gasteiger partial charge in [-0.25, -0.2) is 0 Å². The molecule has 0 aromatic carbocycles. The SMILES string of the molecule is CC(C)N1CC2CCCC(C1)C2NCc1ccnn1C. The van der Waals surface area contributed by atoms with Crippen molar-refractivity contribution in [2.75, 3.05) is 13.1 Å². The first-order valence-electron chi connectivity index (χ1n) is 8.09. The van der Waals surface area contributed by atoms with Gasteiger partial charge in [0.25, 0.3) is 0 Å². The van der Waals surface area contributed by atoms with Gasteiger partial charge < -0.3 is 10.2 Å². The van der Waals surface area contributed by atoms with Gasteiger partial charge in [-0.15, -0.1) is 0 Å². The number of nitrogens with zero attached hydrogens (tertiary/aromatic N) is 3. The van der Waals surface area contributed by atoms with Gasteiger partial charge in [0.1, 0.15) is 0 Å². The van der Waals surface area contributed by atoms with Gasteiger partial charge in [-0.2, -0.15) is 5.10 Å². The van der Waals surface area contributed by atoms with Crippen LogP contribution in [0, 0.1) is 11.8 Å². The fourth-order valence-corrected chi connectivity index (χ4v) is 4.03. The summed E-state index contributed by atoms with van der Waals surface area (Å²) < 4.78 is 1.98. The maximum absolute atomic E-state index is 4.26. The fourth-order valence-electron chi connectivity index (χ4n) is 4.03. The number of piperidine rings is 1. The van der Waals surface area contributed by atoms with E-state index in [9.17, 15) is 0 Å². The molecule has 1 aromatic heterocycles. The minimum Gasteiger partial charge on any atom is -0.308 e. The summed E-state index contributed by atoms with van der Waals surface area (Å²) in [6.07, 6.45) is 6.09. The summed E-state index contributed by atoms with van der Waals surface area (Å²) in [5.74, 6) is 1.66. The molecule has 1 saturated heterocycles. The second-order valence-corrected chi connectivity index (χ2v) is 6.85. The van der Waals surface area contributed by atoms with E-state index in [2.05, 4.69) is 35.2 Å². The van der Waals surface area contributed by atoms with Crippen LogP contribution in [0.3, 0.4) is 0 Å². The lowest BCUT2D eigenvalue weighted by molar-refractivity contribution is 0.0287. The third kappa shape index (κ3) is 2.77. The van der Waals surface area contributed by atoms with E-state index in [4.69, 9.17) is 0 Å². The van der Waals surface area contributed by atoms with Crippen LogP contribution in [0.4, 0.5) is 0 Å². The van der Waals surface area contributed by atoms with Crippen molar-refractivity contribution in [1.29, 1.82) is 0 Å². The van der Waals surface area contributed by atoms with Crippen molar-refractivity contribution in [3.8, 4) is 0 Å². The van der Waals surface area contributed by atoms with Crippen molar-refractivity contribution in [2.45, 2.75) is 51.7 Å². The summed E-state index contributed by atoms with van der Waals surface area (Å²) in [5, 5.41) is 8.10. The number of rotatable bonds is 4. The van der Waals surface area contributed by atoms with E-state index in [0.717, 1.165) is 18.4 Å². The molecule has 2 atom stereocenters. The first-order valence-corrected chi connectivity index (χ1v) is 8.09. The molecule has 1 saturated carbocycles. The lowest BCUT2D eigenvalue weighted by atomic mass is 9.73. The average Bonchev–Trinajstić information content (AvgIpc) is 2.80. The fraction of sp³-hybridized carbons (Fsp3) is 0.812. The maximum atomic E-state index is 4.26. The van der Waals surface area contributed by atoms with Crippen LogP contribution in [0.1, 0.15) is 38.8 Å². The van der Waals surface area contributed by atoms with E-state index in [1.165, 1.54) is 38.0 Å². The number of aromatic nitrogens is 2. The molecular weight excluding hydrogens is 248 g/mol. The molecule has 2 unspecified atom stereocenters. The Morgan fingerprint density at radius 3 is 2.55 bits per heavy atom. The van der Waals surface area contributed by atoms with Gasteiger partial charge in [0, 0.05) is 45.0 Å². The molecule has 1 aromatic rings. The van der Waals surface area contributed by atoms with Crippen molar-refractivity contribution < 1.29 is 0 Å². The Morgan fingerprint density at radius 1 is 1.30 bits per heavy atom. The summed E-state index contributed by atoms with van der Waals surface area (Å²) >= 11 is 0. The van der Waals surface area contributed by atoms with Crippen LogP contribution in [-0.2, 0) is 13.6 Å². The third-order valence-corrected chi connectivity index (χ3v) is 5.28. The highest BCUT2D eigenvalue weighted by Gasteiger charge is 2.39. The Labute approximate surface area is 122 Å². The number of likely N-dealkylation sites (tertiary alicyclic amines) is 1. The minimum atomic E-state index is 0.691. The number of nitrogens with one attached hydrogen (secondary N) is 1. The molecule has 0 radical (unpaired) electrons. The normalized spacial score (nSPS) is 30.9. The zero-order valence-electron chi connectivity index (χ0n) is 13.0. The Morgan fingerprint density at radius 2 is 2.00 bits per heavy atom. The molecule has 20 heavy (non-hydrogen) atoms. The molecule has 0 amide bonds. The molecule has 2 fully saturated rings. The standard InChI is InChI=1S/C16H28N4/c1-12(2)20-10-13-5-4-6-14(11-20)16(13)17-9-15-7-8-18-19(15)3/h7-8,12-14,16-17H,4-6,9-11H2,1-3H3. The molecule has 112 valence electrons. The van der Waals surface area contributed by atoms with Crippen LogP contribution >= 0.6 is 0 Å². The summed E-state index contributed by atoms with van der Waals surface area (Å²) in [5.41, 5.74) is 1.29. The molecule has 2 bridgehead atoms. The Balaban J connectivity index is 1.63. The predicted molar refractivity (Wildman–Crippen MR) is 81.4 cm³/mol. The Kier molecular flexibility index (Phi) is 4.13. The van der Waals surface area contributed by atoms with Crippen LogP contribution < -0.4 is 5.32 Å². The van der Waals surface area contributed by atoms with Crippen molar-refractivity contribution in [2.24, 2.45) is 18.9 Å². The van der Waals surface area contributed by atoms with E-state index in [1.54, 1.807) is 0 Å². The topological polar surface area (TPSA) is 33.1 Å². The van der Waals surface area contributed by atoms with Crippen molar-refractivity contribution >= 4 is 0 Å². The van der Waals surface area contributed by atoms with E-state index < -0.39 is 0 Å². The summed E-state index contributed by atoms with van der Waals surface area (Å²) in [6, 6.07) is 3.51. The van der Waals surface area contributed by atoms with E-state index in [0.29, 0.717) is 12.1 Å². The molecular formula is C16H28N4. The lowest BCUT2D eigenvalue weighted by Gasteiger charge is -2.49. The second-order valence-electron chi connectivity index (χ2n) is 6.85. The Hall–Kier alpha value is -0.870. The van der Waals surface area contributed by atoms with Gasteiger partial charge in [0.2, 0.25) is 0 Å².